The van der Waals surface area contributed by atoms with Gasteiger partial charge in [-0.3, -0.25) is 4.79 Å². The first kappa shape index (κ1) is 21.1. The molecule has 0 aliphatic carbocycles. The Morgan fingerprint density at radius 2 is 1.56 bits per heavy atom. The minimum absolute atomic E-state index is 0.0768. The van der Waals surface area contributed by atoms with Crippen molar-refractivity contribution >= 4 is 28.3 Å². The van der Waals surface area contributed by atoms with E-state index in [2.05, 4.69) is 5.32 Å². The van der Waals surface area contributed by atoms with Crippen LogP contribution in [-0.4, -0.2) is 18.5 Å². The van der Waals surface area contributed by atoms with E-state index in [0.29, 0.717) is 27.6 Å². The van der Waals surface area contributed by atoms with E-state index in [9.17, 15) is 14.4 Å². The minimum Gasteiger partial charge on any atom is -0.462 e. The molecule has 0 radical (unpaired) electrons. The SMILES string of the molecule is CCOC(=O)c1ccc(NC(=O)c2oc(=O)c3ccccc3c2-c2ccc(C)cc2)cc1. The molecule has 0 saturated carbocycles. The van der Waals surface area contributed by atoms with E-state index < -0.39 is 17.5 Å². The molecule has 1 heterocycles. The molecule has 0 fully saturated rings. The largest absolute Gasteiger partial charge is 0.462 e. The lowest BCUT2D eigenvalue weighted by Gasteiger charge is -2.12. The van der Waals surface area contributed by atoms with Crippen LogP contribution in [0.1, 0.15) is 33.4 Å². The zero-order chi connectivity index (χ0) is 22.7. The Kier molecular flexibility index (Phi) is 5.85. The predicted octanol–water partition coefficient (Wildman–Crippen LogP) is 5.20. The first-order chi connectivity index (χ1) is 15.5. The van der Waals surface area contributed by atoms with E-state index in [1.54, 1.807) is 49.4 Å². The molecule has 0 spiro atoms. The highest BCUT2D eigenvalue weighted by atomic mass is 16.5. The van der Waals surface area contributed by atoms with Crippen LogP contribution in [0.25, 0.3) is 21.9 Å². The molecule has 0 bridgehead atoms. The number of aryl methyl sites for hydroxylation is 1. The van der Waals surface area contributed by atoms with Gasteiger partial charge in [0.1, 0.15) is 0 Å². The summed E-state index contributed by atoms with van der Waals surface area (Å²) in [6.07, 6.45) is 0. The van der Waals surface area contributed by atoms with Crippen molar-refractivity contribution in [2.24, 2.45) is 0 Å². The molecule has 3 aromatic carbocycles. The summed E-state index contributed by atoms with van der Waals surface area (Å²) in [5, 5.41) is 3.78. The van der Waals surface area contributed by atoms with Crippen LogP contribution in [0.3, 0.4) is 0 Å². The lowest BCUT2D eigenvalue weighted by Crippen LogP contribution is -2.17. The number of hydrogen-bond acceptors (Lipinski definition) is 5. The quantitative estimate of drug-likeness (QED) is 0.443. The maximum absolute atomic E-state index is 13.2. The highest BCUT2D eigenvalue weighted by Crippen LogP contribution is 2.31. The molecule has 4 rings (SSSR count). The second-order valence-corrected chi connectivity index (χ2v) is 7.26. The van der Waals surface area contributed by atoms with Gasteiger partial charge in [-0.15, -0.1) is 0 Å². The Balaban J connectivity index is 1.76. The summed E-state index contributed by atoms with van der Waals surface area (Å²) in [5.74, 6) is -1.08. The first-order valence-corrected chi connectivity index (χ1v) is 10.2. The molecule has 6 nitrogen and oxygen atoms in total. The van der Waals surface area contributed by atoms with Crippen LogP contribution >= 0.6 is 0 Å². The summed E-state index contributed by atoms with van der Waals surface area (Å²) in [4.78, 5) is 37.6. The Labute approximate surface area is 184 Å². The molecule has 6 heteroatoms. The topological polar surface area (TPSA) is 85.6 Å². The van der Waals surface area contributed by atoms with E-state index in [-0.39, 0.29) is 12.4 Å². The summed E-state index contributed by atoms with van der Waals surface area (Å²) in [7, 11) is 0. The van der Waals surface area contributed by atoms with E-state index in [4.69, 9.17) is 9.15 Å². The van der Waals surface area contributed by atoms with Crippen molar-refractivity contribution in [1.29, 1.82) is 0 Å². The first-order valence-electron chi connectivity index (χ1n) is 10.2. The molecular weight excluding hydrogens is 406 g/mol. The number of nitrogens with one attached hydrogen (secondary N) is 1. The third kappa shape index (κ3) is 4.16. The summed E-state index contributed by atoms with van der Waals surface area (Å²) < 4.78 is 10.5. The van der Waals surface area contributed by atoms with Gasteiger partial charge in [-0.25, -0.2) is 9.59 Å². The molecule has 32 heavy (non-hydrogen) atoms. The number of carbonyl (C=O) groups excluding carboxylic acids is 2. The summed E-state index contributed by atoms with van der Waals surface area (Å²) in [6.45, 7) is 3.98. The van der Waals surface area contributed by atoms with Gasteiger partial charge in [-0.2, -0.15) is 0 Å². The number of amides is 1. The van der Waals surface area contributed by atoms with Crippen molar-refractivity contribution in [2.45, 2.75) is 13.8 Å². The van der Waals surface area contributed by atoms with Gasteiger partial charge in [0.25, 0.3) is 5.91 Å². The third-order valence-corrected chi connectivity index (χ3v) is 5.04. The normalized spacial score (nSPS) is 10.7. The average molecular weight is 427 g/mol. The molecule has 160 valence electrons. The van der Waals surface area contributed by atoms with Crippen LogP contribution in [0.4, 0.5) is 5.69 Å². The lowest BCUT2D eigenvalue weighted by atomic mass is 9.97. The summed E-state index contributed by atoms with van der Waals surface area (Å²) >= 11 is 0. The van der Waals surface area contributed by atoms with Crippen molar-refractivity contribution < 1.29 is 18.7 Å². The van der Waals surface area contributed by atoms with E-state index in [1.807, 2.05) is 37.3 Å². The predicted molar refractivity (Wildman–Crippen MR) is 123 cm³/mol. The Morgan fingerprint density at radius 3 is 2.22 bits per heavy atom. The van der Waals surface area contributed by atoms with Crippen molar-refractivity contribution in [3.63, 3.8) is 0 Å². The van der Waals surface area contributed by atoms with Gasteiger partial charge in [0.15, 0.2) is 0 Å². The standard InChI is InChI=1S/C26H21NO5/c1-3-31-25(29)18-12-14-19(15-13-18)27-24(28)23-22(17-10-8-16(2)9-11-17)20-6-4-5-7-21(20)26(30)32-23/h4-15H,3H2,1-2H3,(H,27,28). The number of carbonyl (C=O) groups is 2. The molecule has 0 aliphatic rings. The van der Waals surface area contributed by atoms with Gasteiger partial charge in [0.2, 0.25) is 5.76 Å². The number of hydrogen-bond donors (Lipinski definition) is 1. The van der Waals surface area contributed by atoms with E-state index in [1.165, 1.54) is 0 Å². The number of rotatable bonds is 5. The fourth-order valence-electron chi connectivity index (χ4n) is 3.46. The fraction of sp³-hybridized carbons (Fsp3) is 0.115. The molecule has 0 atom stereocenters. The van der Waals surface area contributed by atoms with Crippen LogP contribution < -0.4 is 10.9 Å². The number of ether oxygens (including phenoxy) is 1. The molecule has 4 aromatic rings. The molecule has 1 N–H and O–H groups in total. The number of benzene rings is 3. The smallest absolute Gasteiger partial charge is 0.344 e. The van der Waals surface area contributed by atoms with Gasteiger partial charge in [-0.1, -0.05) is 48.0 Å². The zero-order valence-corrected chi connectivity index (χ0v) is 17.7. The Bertz CT molecular complexity index is 1350. The molecule has 0 unspecified atom stereocenters. The summed E-state index contributed by atoms with van der Waals surface area (Å²) in [6, 6.07) is 21.0. The molecule has 1 amide bonds. The van der Waals surface area contributed by atoms with Crippen LogP contribution in [-0.2, 0) is 4.74 Å². The van der Waals surface area contributed by atoms with Crippen LogP contribution in [0.5, 0.6) is 0 Å². The average Bonchev–Trinajstić information content (AvgIpc) is 2.80. The molecule has 0 aliphatic heterocycles. The van der Waals surface area contributed by atoms with E-state index >= 15 is 0 Å². The van der Waals surface area contributed by atoms with Gasteiger partial charge in [-0.05, 0) is 49.7 Å². The van der Waals surface area contributed by atoms with Crippen LogP contribution in [0.15, 0.2) is 82.0 Å². The second kappa shape index (κ2) is 8.89. The van der Waals surface area contributed by atoms with Gasteiger partial charge < -0.3 is 14.5 Å². The highest BCUT2D eigenvalue weighted by molar-refractivity contribution is 6.11. The highest BCUT2D eigenvalue weighted by Gasteiger charge is 2.21. The van der Waals surface area contributed by atoms with Crippen molar-refractivity contribution in [1.82, 2.24) is 0 Å². The fourth-order valence-corrected chi connectivity index (χ4v) is 3.46. The van der Waals surface area contributed by atoms with Crippen LogP contribution in [0.2, 0.25) is 0 Å². The molecular formula is C26H21NO5. The maximum Gasteiger partial charge on any atom is 0.344 e. The van der Waals surface area contributed by atoms with Gasteiger partial charge in [0, 0.05) is 16.6 Å². The Morgan fingerprint density at radius 1 is 0.906 bits per heavy atom. The monoisotopic (exact) mass is 427 g/mol. The molecule has 1 aromatic heterocycles. The lowest BCUT2D eigenvalue weighted by molar-refractivity contribution is 0.0526. The van der Waals surface area contributed by atoms with Crippen LogP contribution in [0, 0.1) is 6.92 Å². The molecule has 0 saturated heterocycles. The number of fused-ring (bicyclic) bond motifs is 1. The van der Waals surface area contributed by atoms with E-state index in [0.717, 1.165) is 11.1 Å². The van der Waals surface area contributed by atoms with Crippen molar-refractivity contribution in [3.05, 3.63) is 100 Å². The maximum atomic E-state index is 13.2. The van der Waals surface area contributed by atoms with Gasteiger partial charge >= 0.3 is 11.6 Å². The number of esters is 1. The second-order valence-electron chi connectivity index (χ2n) is 7.26. The van der Waals surface area contributed by atoms with Crippen molar-refractivity contribution in [3.8, 4) is 11.1 Å². The summed E-state index contributed by atoms with van der Waals surface area (Å²) in [5.41, 5.74) is 2.62. The number of anilines is 1. The zero-order valence-electron chi connectivity index (χ0n) is 17.7. The third-order valence-electron chi connectivity index (χ3n) is 5.04. The Hall–Kier alpha value is -4.19. The minimum atomic E-state index is -0.584. The van der Waals surface area contributed by atoms with Crippen molar-refractivity contribution in [2.75, 3.05) is 11.9 Å². The van der Waals surface area contributed by atoms with Gasteiger partial charge in [0.05, 0.1) is 17.6 Å².